The lowest BCUT2D eigenvalue weighted by Gasteiger charge is -2.35. The smallest absolute Gasteiger partial charge is 0.258 e. The van der Waals surface area contributed by atoms with Gasteiger partial charge >= 0.3 is 0 Å². The van der Waals surface area contributed by atoms with Crippen molar-refractivity contribution in [3.05, 3.63) is 54.0 Å². The maximum atomic E-state index is 13.5. The van der Waals surface area contributed by atoms with Crippen molar-refractivity contribution >= 4 is 28.6 Å². The number of methoxy groups -OCH3 is 1. The molecule has 11 heteroatoms. The number of aromatic nitrogens is 5. The monoisotopic (exact) mass is 478 g/mol. The quantitative estimate of drug-likeness (QED) is 0.421. The van der Waals surface area contributed by atoms with E-state index in [0.29, 0.717) is 28.4 Å². The molecular weight excluding hydrogens is 451 g/mol. The van der Waals surface area contributed by atoms with Crippen LogP contribution in [0.25, 0.3) is 22.6 Å². The number of hydrogen-bond donors (Lipinski definition) is 2. The number of H-pyrrole nitrogens is 1. The highest BCUT2D eigenvalue weighted by Gasteiger charge is 2.19. The highest BCUT2D eigenvalue weighted by atomic mass is 19.1. The maximum Gasteiger partial charge on any atom is 0.258 e. The van der Waals surface area contributed by atoms with Crippen LogP contribution in [0.15, 0.2) is 42.6 Å². The van der Waals surface area contributed by atoms with E-state index in [1.165, 1.54) is 12.1 Å². The molecule has 1 aromatic carbocycles. The van der Waals surface area contributed by atoms with E-state index in [9.17, 15) is 9.18 Å². The molecule has 2 N–H and O–H groups in total. The van der Waals surface area contributed by atoms with Gasteiger partial charge in [-0.15, -0.1) is 0 Å². The van der Waals surface area contributed by atoms with E-state index >= 15 is 0 Å². The van der Waals surface area contributed by atoms with E-state index in [1.807, 2.05) is 6.07 Å². The van der Waals surface area contributed by atoms with Crippen molar-refractivity contribution in [3.63, 3.8) is 0 Å². The van der Waals surface area contributed by atoms with Crippen LogP contribution in [0, 0.1) is 5.82 Å². The Labute approximate surface area is 201 Å². The summed E-state index contributed by atoms with van der Waals surface area (Å²) in [5.41, 5.74) is 2.35. The second-order valence-corrected chi connectivity index (χ2v) is 8.47. The highest BCUT2D eigenvalue weighted by molar-refractivity contribution is 6.03. The number of carbonyl (C=O) groups excluding carboxylic acids is 1. The van der Waals surface area contributed by atoms with Crippen molar-refractivity contribution < 1.29 is 13.9 Å². The third-order valence-corrected chi connectivity index (χ3v) is 6.13. The van der Waals surface area contributed by atoms with E-state index in [-0.39, 0.29) is 11.7 Å². The van der Waals surface area contributed by atoms with Gasteiger partial charge in [0.05, 0.1) is 23.2 Å². The van der Waals surface area contributed by atoms with Crippen molar-refractivity contribution in [2.75, 3.05) is 56.7 Å². The number of amides is 1. The molecule has 0 bridgehead atoms. The number of halogens is 1. The Morgan fingerprint density at radius 3 is 2.74 bits per heavy atom. The number of benzene rings is 1. The first kappa shape index (κ1) is 22.9. The molecule has 182 valence electrons. The van der Waals surface area contributed by atoms with Gasteiger partial charge in [-0.25, -0.2) is 14.4 Å². The Balaban J connectivity index is 1.23. The number of nitrogens with one attached hydrogen (secondary N) is 2. The standard InChI is InChI=1S/C24H27FN8O2/c1-31-20(23-27-18-5-4-17(25)13-19(18)28-23)14-21(30-31)29-24(34)16-3-6-22(26-15-16)33-9-7-32(8-10-33)11-12-35-2/h3-6,13-15H,7-12H2,1-2H3,(H,27,28)(H,29,30,34). The number of pyridine rings is 1. The molecule has 1 aliphatic heterocycles. The second kappa shape index (κ2) is 9.80. The molecule has 4 heterocycles. The van der Waals surface area contributed by atoms with E-state index in [1.54, 1.807) is 43.2 Å². The second-order valence-electron chi connectivity index (χ2n) is 8.47. The third kappa shape index (κ3) is 5.00. The van der Waals surface area contributed by atoms with Crippen molar-refractivity contribution in [2.45, 2.75) is 0 Å². The summed E-state index contributed by atoms with van der Waals surface area (Å²) < 4.78 is 20.3. The lowest BCUT2D eigenvalue weighted by Crippen LogP contribution is -2.47. The number of aryl methyl sites for hydroxylation is 1. The summed E-state index contributed by atoms with van der Waals surface area (Å²) >= 11 is 0. The van der Waals surface area contributed by atoms with Gasteiger partial charge in [-0.2, -0.15) is 5.10 Å². The minimum Gasteiger partial charge on any atom is -0.383 e. The SMILES string of the molecule is COCCN1CCN(c2ccc(C(=O)Nc3cc(-c4nc5cc(F)ccc5[nH]4)n(C)n3)cn2)CC1. The third-order valence-electron chi connectivity index (χ3n) is 6.13. The molecule has 0 spiro atoms. The van der Waals surface area contributed by atoms with Crippen molar-refractivity contribution in [1.82, 2.24) is 29.6 Å². The van der Waals surface area contributed by atoms with Gasteiger partial charge in [0.15, 0.2) is 11.6 Å². The molecule has 0 saturated carbocycles. The van der Waals surface area contributed by atoms with Crippen LogP contribution in [0.2, 0.25) is 0 Å². The predicted octanol–water partition coefficient (Wildman–Crippen LogP) is 2.52. The fourth-order valence-electron chi connectivity index (χ4n) is 4.17. The van der Waals surface area contributed by atoms with Crippen molar-refractivity contribution in [3.8, 4) is 11.5 Å². The first-order chi connectivity index (χ1) is 17.0. The van der Waals surface area contributed by atoms with Crippen LogP contribution in [0.4, 0.5) is 16.0 Å². The van der Waals surface area contributed by atoms with Gasteiger partial charge in [0.2, 0.25) is 0 Å². The minimum atomic E-state index is -0.350. The van der Waals surface area contributed by atoms with Gasteiger partial charge in [-0.05, 0) is 24.3 Å². The number of fused-ring (bicyclic) bond motifs is 1. The van der Waals surface area contributed by atoms with Crippen LogP contribution >= 0.6 is 0 Å². The predicted molar refractivity (Wildman–Crippen MR) is 131 cm³/mol. The van der Waals surface area contributed by atoms with Gasteiger partial charge in [0.1, 0.15) is 17.3 Å². The van der Waals surface area contributed by atoms with Crippen molar-refractivity contribution in [1.29, 1.82) is 0 Å². The average molecular weight is 479 g/mol. The number of anilines is 2. The number of hydrogen-bond acceptors (Lipinski definition) is 7. The Hall–Kier alpha value is -3.83. The number of ether oxygens (including phenoxy) is 1. The number of rotatable bonds is 7. The topological polar surface area (TPSA) is 104 Å². The first-order valence-electron chi connectivity index (χ1n) is 11.4. The molecule has 1 saturated heterocycles. The fraction of sp³-hybridized carbons (Fsp3) is 0.333. The summed E-state index contributed by atoms with van der Waals surface area (Å²) in [6.45, 7) is 5.34. The van der Waals surface area contributed by atoms with Gasteiger partial charge < -0.3 is 19.9 Å². The lowest BCUT2D eigenvalue weighted by atomic mass is 10.2. The highest BCUT2D eigenvalue weighted by Crippen LogP contribution is 2.23. The summed E-state index contributed by atoms with van der Waals surface area (Å²) in [4.78, 5) is 29.5. The number of carbonyl (C=O) groups is 1. The molecule has 3 aromatic heterocycles. The van der Waals surface area contributed by atoms with Crippen LogP contribution in [0.3, 0.4) is 0 Å². The number of piperazine rings is 1. The molecule has 5 rings (SSSR count). The molecule has 0 atom stereocenters. The zero-order chi connectivity index (χ0) is 24.4. The largest absolute Gasteiger partial charge is 0.383 e. The number of aromatic amines is 1. The van der Waals surface area contributed by atoms with Crippen molar-refractivity contribution in [2.24, 2.45) is 7.05 Å². The summed E-state index contributed by atoms with van der Waals surface area (Å²) in [6, 6.07) is 9.74. The fourth-order valence-corrected chi connectivity index (χ4v) is 4.17. The lowest BCUT2D eigenvalue weighted by molar-refractivity contribution is 0.102. The normalized spacial score (nSPS) is 14.5. The molecule has 4 aromatic rings. The molecule has 1 aliphatic rings. The summed E-state index contributed by atoms with van der Waals surface area (Å²) in [5, 5.41) is 7.18. The number of imidazole rings is 1. The molecule has 1 amide bonds. The van der Waals surface area contributed by atoms with Crippen LogP contribution in [-0.4, -0.2) is 82.0 Å². The van der Waals surface area contributed by atoms with Gasteiger partial charge in [-0.1, -0.05) is 0 Å². The van der Waals surface area contributed by atoms with Gasteiger partial charge in [-0.3, -0.25) is 14.4 Å². The Bertz CT molecular complexity index is 1330. The van der Waals surface area contributed by atoms with Crippen LogP contribution in [0.5, 0.6) is 0 Å². The van der Waals surface area contributed by atoms with E-state index in [4.69, 9.17) is 4.74 Å². The Kier molecular flexibility index (Phi) is 6.43. The Morgan fingerprint density at radius 2 is 2.00 bits per heavy atom. The molecule has 1 fully saturated rings. The number of nitrogens with zero attached hydrogens (tertiary/aromatic N) is 6. The van der Waals surface area contributed by atoms with Crippen LogP contribution < -0.4 is 10.2 Å². The molecular formula is C24H27FN8O2. The maximum absolute atomic E-state index is 13.5. The van der Waals surface area contributed by atoms with E-state index in [2.05, 4.69) is 35.2 Å². The molecule has 35 heavy (non-hydrogen) atoms. The molecule has 0 aliphatic carbocycles. The molecule has 0 radical (unpaired) electrons. The first-order valence-corrected chi connectivity index (χ1v) is 11.4. The summed E-state index contributed by atoms with van der Waals surface area (Å²) in [7, 11) is 3.47. The van der Waals surface area contributed by atoms with E-state index < -0.39 is 0 Å². The van der Waals surface area contributed by atoms with E-state index in [0.717, 1.165) is 50.7 Å². The average Bonchev–Trinajstić information content (AvgIpc) is 3.45. The zero-order valence-corrected chi connectivity index (χ0v) is 19.7. The Morgan fingerprint density at radius 1 is 1.17 bits per heavy atom. The van der Waals surface area contributed by atoms with Crippen LogP contribution in [0.1, 0.15) is 10.4 Å². The zero-order valence-electron chi connectivity index (χ0n) is 19.7. The summed E-state index contributed by atoms with van der Waals surface area (Å²) in [6.07, 6.45) is 1.58. The van der Waals surface area contributed by atoms with Gasteiger partial charge in [0, 0.05) is 65.2 Å². The van der Waals surface area contributed by atoms with Crippen LogP contribution in [-0.2, 0) is 11.8 Å². The molecule has 0 unspecified atom stereocenters. The molecule has 10 nitrogen and oxygen atoms in total. The van der Waals surface area contributed by atoms with Gasteiger partial charge in [0.25, 0.3) is 5.91 Å². The minimum absolute atomic E-state index is 0.301. The summed E-state index contributed by atoms with van der Waals surface area (Å²) in [5.74, 6) is 1.13.